The van der Waals surface area contributed by atoms with Crippen molar-refractivity contribution in [1.82, 2.24) is 5.32 Å². The molecule has 0 aliphatic heterocycles. The van der Waals surface area contributed by atoms with E-state index < -0.39 is 18.6 Å². The molecule has 2 rings (SSSR count). The zero-order valence-electron chi connectivity index (χ0n) is 12.0. The lowest BCUT2D eigenvalue weighted by Crippen LogP contribution is -2.26. The maximum Gasteiger partial charge on any atom is 0.387 e. The maximum absolute atomic E-state index is 12.0. The fraction of sp³-hybridized carbons (Fsp3) is 0.188. The lowest BCUT2D eigenvalue weighted by molar-refractivity contribution is -0.116. The highest BCUT2D eigenvalue weighted by Gasteiger charge is 2.10. The normalized spacial score (nSPS) is 12.5. The lowest BCUT2D eigenvalue weighted by Gasteiger charge is -2.07. The number of aliphatic hydroxyl groups excluding tert-OH is 1. The molecule has 0 radical (unpaired) electrons. The van der Waals surface area contributed by atoms with Crippen LogP contribution in [0.15, 0.2) is 53.2 Å². The molecule has 23 heavy (non-hydrogen) atoms. The smallest absolute Gasteiger partial charge is 0.387 e. The largest absolute Gasteiger partial charge is 0.467 e. The van der Waals surface area contributed by atoms with Gasteiger partial charge >= 0.3 is 6.61 Å². The van der Waals surface area contributed by atoms with Crippen molar-refractivity contribution in [3.63, 3.8) is 0 Å². The van der Waals surface area contributed by atoms with Crippen LogP contribution in [0.2, 0.25) is 0 Å². The van der Waals surface area contributed by atoms with E-state index in [1.165, 1.54) is 30.5 Å². The van der Waals surface area contributed by atoms with Crippen LogP contribution < -0.4 is 10.1 Å². The average Bonchev–Trinajstić information content (AvgIpc) is 3.06. The molecular formula is C16H15F2NO4. The fourth-order valence-electron chi connectivity index (χ4n) is 1.77. The number of nitrogens with one attached hydrogen (secondary N) is 1. The van der Waals surface area contributed by atoms with Gasteiger partial charge in [0.25, 0.3) is 0 Å². The van der Waals surface area contributed by atoms with Crippen LogP contribution in [-0.4, -0.2) is 24.2 Å². The maximum atomic E-state index is 12.0. The number of carbonyl (C=O) groups is 1. The summed E-state index contributed by atoms with van der Waals surface area (Å²) in [6, 6.07) is 9.09. The Kier molecular flexibility index (Phi) is 5.87. The first-order valence-corrected chi connectivity index (χ1v) is 6.77. The third-order valence-electron chi connectivity index (χ3n) is 2.87. The van der Waals surface area contributed by atoms with Crippen molar-refractivity contribution in [2.75, 3.05) is 6.54 Å². The van der Waals surface area contributed by atoms with E-state index in [1.807, 2.05) is 0 Å². The molecule has 5 nitrogen and oxygen atoms in total. The third kappa shape index (κ3) is 5.55. The van der Waals surface area contributed by atoms with Gasteiger partial charge in [0.15, 0.2) is 0 Å². The van der Waals surface area contributed by atoms with E-state index in [0.29, 0.717) is 11.3 Å². The minimum absolute atomic E-state index is 0.0118. The first kappa shape index (κ1) is 16.7. The van der Waals surface area contributed by atoms with Crippen molar-refractivity contribution in [1.29, 1.82) is 0 Å². The van der Waals surface area contributed by atoms with E-state index in [9.17, 15) is 18.7 Å². The van der Waals surface area contributed by atoms with Gasteiger partial charge in [0, 0.05) is 6.08 Å². The number of aliphatic hydroxyl groups is 1. The van der Waals surface area contributed by atoms with Gasteiger partial charge in [-0.05, 0) is 35.9 Å². The second-order valence-corrected chi connectivity index (χ2v) is 4.56. The van der Waals surface area contributed by atoms with Gasteiger partial charge in [-0.1, -0.05) is 12.1 Å². The van der Waals surface area contributed by atoms with Gasteiger partial charge in [-0.15, -0.1) is 0 Å². The summed E-state index contributed by atoms with van der Waals surface area (Å²) in [5.74, 6) is 0.00980. The third-order valence-corrected chi connectivity index (χ3v) is 2.87. The molecule has 2 aromatic rings. The Morgan fingerprint density at radius 3 is 2.65 bits per heavy atom. The van der Waals surface area contributed by atoms with Crippen LogP contribution in [0, 0.1) is 0 Å². The molecule has 7 heteroatoms. The molecule has 122 valence electrons. The van der Waals surface area contributed by atoms with E-state index in [4.69, 9.17) is 4.42 Å². The molecule has 0 bridgehead atoms. The van der Waals surface area contributed by atoms with Crippen molar-refractivity contribution in [3.8, 4) is 5.75 Å². The summed E-state index contributed by atoms with van der Waals surface area (Å²) in [4.78, 5) is 11.6. The molecule has 0 spiro atoms. The zero-order chi connectivity index (χ0) is 16.7. The summed E-state index contributed by atoms with van der Waals surface area (Å²) in [6.45, 7) is -2.86. The van der Waals surface area contributed by atoms with Gasteiger partial charge in [0.05, 0.1) is 12.8 Å². The molecule has 0 saturated carbocycles. The Labute approximate surface area is 131 Å². The predicted octanol–water partition coefficient (Wildman–Crippen LogP) is 2.74. The highest BCUT2D eigenvalue weighted by Crippen LogP contribution is 2.15. The first-order valence-electron chi connectivity index (χ1n) is 6.77. The van der Waals surface area contributed by atoms with Gasteiger partial charge < -0.3 is 19.6 Å². The van der Waals surface area contributed by atoms with Crippen molar-refractivity contribution >= 4 is 12.0 Å². The Balaban J connectivity index is 1.81. The van der Waals surface area contributed by atoms with Crippen LogP contribution in [-0.2, 0) is 4.79 Å². The number of ether oxygens (including phenoxy) is 1. The number of alkyl halides is 2. The molecule has 1 amide bonds. The number of carbonyl (C=O) groups excluding carboxylic acids is 1. The van der Waals surface area contributed by atoms with Gasteiger partial charge in [-0.25, -0.2) is 0 Å². The van der Waals surface area contributed by atoms with E-state index >= 15 is 0 Å². The Morgan fingerprint density at radius 2 is 2.04 bits per heavy atom. The Morgan fingerprint density at radius 1 is 1.30 bits per heavy atom. The van der Waals surface area contributed by atoms with Gasteiger partial charge in [0.1, 0.15) is 17.6 Å². The van der Waals surface area contributed by atoms with E-state index in [-0.39, 0.29) is 12.3 Å². The summed E-state index contributed by atoms with van der Waals surface area (Å²) >= 11 is 0. The quantitative estimate of drug-likeness (QED) is 0.769. The summed E-state index contributed by atoms with van der Waals surface area (Å²) < 4.78 is 33.3. The molecule has 1 atom stereocenters. The lowest BCUT2D eigenvalue weighted by atomic mass is 10.2. The minimum atomic E-state index is -2.87. The molecule has 1 aromatic carbocycles. The second kappa shape index (κ2) is 8.09. The number of halogens is 2. The summed E-state index contributed by atoms with van der Waals surface area (Å²) in [5, 5.41) is 12.3. The van der Waals surface area contributed by atoms with Crippen LogP contribution in [0.4, 0.5) is 8.78 Å². The molecule has 0 aliphatic carbocycles. The molecule has 1 heterocycles. The number of benzene rings is 1. The molecular weight excluding hydrogens is 308 g/mol. The van der Waals surface area contributed by atoms with E-state index in [2.05, 4.69) is 10.1 Å². The van der Waals surface area contributed by atoms with Crippen molar-refractivity contribution in [2.45, 2.75) is 12.7 Å². The SMILES string of the molecule is O=C(/C=C/c1ccc(OC(F)F)cc1)NCC(O)c1ccco1. The molecule has 0 fully saturated rings. The predicted molar refractivity (Wildman–Crippen MR) is 78.8 cm³/mol. The first-order chi connectivity index (χ1) is 11.0. The summed E-state index contributed by atoms with van der Waals surface area (Å²) in [5.41, 5.74) is 0.647. The standard InChI is InChI=1S/C16H15F2NO4/c17-16(18)23-12-6-3-11(4-7-12)5-8-15(21)19-10-13(20)14-2-1-9-22-14/h1-9,13,16,20H,10H2,(H,19,21)/b8-5+. The molecule has 0 aliphatic rings. The van der Waals surface area contributed by atoms with Gasteiger partial charge in [-0.3, -0.25) is 4.79 Å². The van der Waals surface area contributed by atoms with Crippen LogP contribution in [0.25, 0.3) is 6.08 Å². The summed E-state index contributed by atoms with van der Waals surface area (Å²) in [7, 11) is 0. The minimum Gasteiger partial charge on any atom is -0.467 e. The molecule has 1 aromatic heterocycles. The van der Waals surface area contributed by atoms with Crippen molar-refractivity contribution < 1.29 is 27.8 Å². The highest BCUT2D eigenvalue weighted by molar-refractivity contribution is 5.91. The Bertz CT molecular complexity index is 639. The summed E-state index contributed by atoms with van der Waals surface area (Å²) in [6.07, 6.45) is 3.30. The number of hydrogen-bond donors (Lipinski definition) is 2. The van der Waals surface area contributed by atoms with E-state index in [1.54, 1.807) is 24.3 Å². The topological polar surface area (TPSA) is 71.7 Å². The molecule has 2 N–H and O–H groups in total. The molecule has 1 unspecified atom stereocenters. The van der Waals surface area contributed by atoms with Gasteiger partial charge in [-0.2, -0.15) is 8.78 Å². The van der Waals surface area contributed by atoms with Crippen LogP contribution >= 0.6 is 0 Å². The van der Waals surface area contributed by atoms with Crippen molar-refractivity contribution in [3.05, 3.63) is 60.1 Å². The monoisotopic (exact) mass is 323 g/mol. The van der Waals surface area contributed by atoms with Gasteiger partial charge in [0.2, 0.25) is 5.91 Å². The zero-order valence-corrected chi connectivity index (χ0v) is 12.0. The number of hydrogen-bond acceptors (Lipinski definition) is 4. The van der Waals surface area contributed by atoms with Crippen LogP contribution in [0.1, 0.15) is 17.4 Å². The second-order valence-electron chi connectivity index (χ2n) is 4.56. The molecule has 0 saturated heterocycles. The van der Waals surface area contributed by atoms with E-state index in [0.717, 1.165) is 0 Å². The average molecular weight is 323 g/mol. The van der Waals surface area contributed by atoms with Crippen LogP contribution in [0.5, 0.6) is 5.75 Å². The fourth-order valence-corrected chi connectivity index (χ4v) is 1.77. The van der Waals surface area contributed by atoms with Crippen molar-refractivity contribution in [2.24, 2.45) is 0 Å². The number of furan rings is 1. The number of rotatable bonds is 7. The number of amides is 1. The van der Waals surface area contributed by atoms with Crippen LogP contribution in [0.3, 0.4) is 0 Å². The Hall–Kier alpha value is -2.67. The highest BCUT2D eigenvalue weighted by atomic mass is 19.3.